The number of carboxylic acid groups (broad SMARTS) is 1. The van der Waals surface area contributed by atoms with Crippen molar-refractivity contribution in [1.82, 2.24) is 10.2 Å². The SMILES string of the molecule is Cc1cccc(CCNC(=O)N2CCCC2(C)C(=O)O)c1. The number of hydrogen-bond donors (Lipinski definition) is 2. The van der Waals surface area contributed by atoms with Gasteiger partial charge in [0.1, 0.15) is 5.54 Å². The third-order valence-electron chi connectivity index (χ3n) is 4.12. The van der Waals surface area contributed by atoms with Crippen molar-refractivity contribution in [2.45, 2.75) is 38.6 Å². The lowest BCUT2D eigenvalue weighted by Gasteiger charge is -2.31. The summed E-state index contributed by atoms with van der Waals surface area (Å²) in [7, 11) is 0. The van der Waals surface area contributed by atoms with Crippen LogP contribution in [0.5, 0.6) is 0 Å². The minimum atomic E-state index is -1.08. The van der Waals surface area contributed by atoms with Crippen molar-refractivity contribution >= 4 is 12.0 Å². The summed E-state index contributed by atoms with van der Waals surface area (Å²) in [5.41, 5.74) is 1.28. The maximum absolute atomic E-state index is 12.2. The second kappa shape index (κ2) is 6.16. The molecule has 0 radical (unpaired) electrons. The van der Waals surface area contributed by atoms with Crippen LogP contribution in [0.15, 0.2) is 24.3 Å². The van der Waals surface area contributed by atoms with E-state index >= 15 is 0 Å². The molecular weight excluding hydrogens is 268 g/mol. The number of carbonyl (C=O) groups excluding carboxylic acids is 1. The van der Waals surface area contributed by atoms with Crippen LogP contribution in [0.3, 0.4) is 0 Å². The smallest absolute Gasteiger partial charge is 0.329 e. The molecule has 1 heterocycles. The van der Waals surface area contributed by atoms with Crippen LogP contribution in [0.1, 0.15) is 30.9 Å². The van der Waals surface area contributed by atoms with Crippen molar-refractivity contribution in [1.29, 1.82) is 0 Å². The molecular formula is C16H22N2O3. The summed E-state index contributed by atoms with van der Waals surface area (Å²) >= 11 is 0. The molecule has 5 heteroatoms. The van der Waals surface area contributed by atoms with E-state index in [-0.39, 0.29) is 6.03 Å². The summed E-state index contributed by atoms with van der Waals surface area (Å²) in [6, 6.07) is 7.85. The molecule has 2 amide bonds. The standard InChI is InChI=1S/C16H22N2O3/c1-12-5-3-6-13(11-12)7-9-17-15(21)18-10-4-8-16(18,2)14(19)20/h3,5-6,11H,4,7-10H2,1-2H3,(H,17,21)(H,19,20). The molecule has 5 nitrogen and oxygen atoms in total. The van der Waals surface area contributed by atoms with Crippen molar-refractivity contribution in [3.8, 4) is 0 Å². The Labute approximate surface area is 125 Å². The first-order valence-electron chi connectivity index (χ1n) is 7.28. The summed E-state index contributed by atoms with van der Waals surface area (Å²) in [4.78, 5) is 25.0. The first kappa shape index (κ1) is 15.4. The number of aliphatic carboxylic acids is 1. The highest BCUT2D eigenvalue weighted by Crippen LogP contribution is 2.29. The van der Waals surface area contributed by atoms with Crippen molar-refractivity contribution in [3.05, 3.63) is 35.4 Å². The molecule has 1 saturated heterocycles. The predicted octanol–water partition coefficient (Wildman–Crippen LogP) is 2.19. The van der Waals surface area contributed by atoms with Gasteiger partial charge in [-0.05, 0) is 38.7 Å². The van der Waals surface area contributed by atoms with E-state index in [1.807, 2.05) is 25.1 Å². The van der Waals surface area contributed by atoms with Crippen LogP contribution in [0.25, 0.3) is 0 Å². The van der Waals surface area contributed by atoms with Crippen LogP contribution in [0, 0.1) is 6.92 Å². The Balaban J connectivity index is 1.89. The second-order valence-electron chi connectivity index (χ2n) is 5.81. The zero-order valence-electron chi connectivity index (χ0n) is 12.6. The highest BCUT2D eigenvalue weighted by Gasteiger charge is 2.45. The fourth-order valence-corrected chi connectivity index (χ4v) is 2.79. The van der Waals surface area contributed by atoms with E-state index in [9.17, 15) is 14.7 Å². The maximum atomic E-state index is 12.2. The largest absolute Gasteiger partial charge is 0.480 e. The molecule has 1 aromatic rings. The number of amides is 2. The number of rotatable bonds is 4. The molecule has 1 aromatic carbocycles. The van der Waals surface area contributed by atoms with Gasteiger partial charge in [0.2, 0.25) is 0 Å². The molecule has 1 aliphatic rings. The van der Waals surface area contributed by atoms with Gasteiger partial charge in [-0.25, -0.2) is 9.59 Å². The summed E-state index contributed by atoms with van der Waals surface area (Å²) in [6.07, 6.45) is 1.98. The van der Waals surface area contributed by atoms with Crippen LogP contribution < -0.4 is 5.32 Å². The predicted molar refractivity (Wildman–Crippen MR) is 80.3 cm³/mol. The second-order valence-corrected chi connectivity index (χ2v) is 5.81. The van der Waals surface area contributed by atoms with E-state index in [0.717, 1.165) is 18.4 Å². The topological polar surface area (TPSA) is 69.6 Å². The van der Waals surface area contributed by atoms with E-state index in [2.05, 4.69) is 11.4 Å². The Kier molecular flexibility index (Phi) is 4.50. The molecule has 0 aliphatic carbocycles. The molecule has 1 fully saturated rings. The molecule has 1 aliphatic heterocycles. The first-order valence-corrected chi connectivity index (χ1v) is 7.28. The number of likely N-dealkylation sites (tertiary alicyclic amines) is 1. The molecule has 114 valence electrons. The van der Waals surface area contributed by atoms with Gasteiger partial charge in [0.15, 0.2) is 0 Å². The highest BCUT2D eigenvalue weighted by molar-refractivity contribution is 5.86. The molecule has 21 heavy (non-hydrogen) atoms. The summed E-state index contributed by atoms with van der Waals surface area (Å²) in [5, 5.41) is 12.1. The normalized spacial score (nSPS) is 21.3. The van der Waals surface area contributed by atoms with Crippen molar-refractivity contribution < 1.29 is 14.7 Å². The molecule has 2 N–H and O–H groups in total. The number of nitrogens with one attached hydrogen (secondary N) is 1. The fraction of sp³-hybridized carbons (Fsp3) is 0.500. The van der Waals surface area contributed by atoms with Crippen LogP contribution in [-0.4, -0.2) is 40.6 Å². The number of carbonyl (C=O) groups is 2. The Morgan fingerprint density at radius 2 is 2.19 bits per heavy atom. The molecule has 0 aromatic heterocycles. The van der Waals surface area contributed by atoms with E-state index in [4.69, 9.17) is 0 Å². The Bertz CT molecular complexity index is 544. The summed E-state index contributed by atoms with van der Waals surface area (Å²) < 4.78 is 0. The van der Waals surface area contributed by atoms with Crippen LogP contribution in [0.4, 0.5) is 4.79 Å². The van der Waals surface area contributed by atoms with E-state index in [0.29, 0.717) is 19.5 Å². The summed E-state index contributed by atoms with van der Waals surface area (Å²) in [6.45, 7) is 4.65. The maximum Gasteiger partial charge on any atom is 0.329 e. The molecule has 0 bridgehead atoms. The van der Waals surface area contributed by atoms with E-state index in [1.54, 1.807) is 6.92 Å². The number of urea groups is 1. The average Bonchev–Trinajstić information content (AvgIpc) is 2.82. The zero-order chi connectivity index (χ0) is 15.5. The van der Waals surface area contributed by atoms with Gasteiger partial charge in [0.05, 0.1) is 0 Å². The van der Waals surface area contributed by atoms with Crippen LogP contribution >= 0.6 is 0 Å². The van der Waals surface area contributed by atoms with E-state index < -0.39 is 11.5 Å². The summed E-state index contributed by atoms with van der Waals surface area (Å²) in [5.74, 6) is -0.936. The fourth-order valence-electron chi connectivity index (χ4n) is 2.79. The Morgan fingerprint density at radius 3 is 2.86 bits per heavy atom. The van der Waals surface area contributed by atoms with Crippen LogP contribution in [0.2, 0.25) is 0 Å². The quantitative estimate of drug-likeness (QED) is 0.893. The third-order valence-corrected chi connectivity index (χ3v) is 4.12. The van der Waals surface area contributed by atoms with Gasteiger partial charge in [-0.1, -0.05) is 29.8 Å². The number of hydrogen-bond acceptors (Lipinski definition) is 2. The first-order chi connectivity index (χ1) is 9.93. The molecule has 1 atom stereocenters. The monoisotopic (exact) mass is 290 g/mol. The van der Waals surface area contributed by atoms with Gasteiger partial charge in [-0.15, -0.1) is 0 Å². The van der Waals surface area contributed by atoms with Gasteiger partial charge in [-0.3, -0.25) is 0 Å². The zero-order valence-corrected chi connectivity index (χ0v) is 12.6. The number of carboxylic acids is 1. The molecule has 2 rings (SSSR count). The number of benzene rings is 1. The van der Waals surface area contributed by atoms with Crippen LogP contribution in [-0.2, 0) is 11.2 Å². The number of aryl methyl sites for hydroxylation is 1. The average molecular weight is 290 g/mol. The van der Waals surface area contributed by atoms with Crippen molar-refractivity contribution in [2.24, 2.45) is 0 Å². The van der Waals surface area contributed by atoms with Gasteiger partial charge in [0, 0.05) is 13.1 Å². The van der Waals surface area contributed by atoms with E-state index in [1.165, 1.54) is 10.5 Å². The highest BCUT2D eigenvalue weighted by atomic mass is 16.4. The molecule has 0 spiro atoms. The minimum absolute atomic E-state index is 0.287. The van der Waals surface area contributed by atoms with Crippen molar-refractivity contribution in [2.75, 3.05) is 13.1 Å². The molecule has 1 unspecified atom stereocenters. The minimum Gasteiger partial charge on any atom is -0.480 e. The van der Waals surface area contributed by atoms with Gasteiger partial charge < -0.3 is 15.3 Å². The lowest BCUT2D eigenvalue weighted by molar-refractivity contribution is -0.147. The van der Waals surface area contributed by atoms with Gasteiger partial charge in [0.25, 0.3) is 0 Å². The van der Waals surface area contributed by atoms with Crippen molar-refractivity contribution in [3.63, 3.8) is 0 Å². The lowest BCUT2D eigenvalue weighted by Crippen LogP contribution is -2.54. The lowest BCUT2D eigenvalue weighted by atomic mass is 10.00. The number of nitrogens with zero attached hydrogens (tertiary/aromatic N) is 1. The Hall–Kier alpha value is -2.04. The molecule has 0 saturated carbocycles. The van der Waals surface area contributed by atoms with Gasteiger partial charge in [-0.2, -0.15) is 0 Å². The Morgan fingerprint density at radius 1 is 1.43 bits per heavy atom. The third kappa shape index (κ3) is 3.35. The van der Waals surface area contributed by atoms with Gasteiger partial charge >= 0.3 is 12.0 Å².